The summed E-state index contributed by atoms with van der Waals surface area (Å²) in [5.41, 5.74) is 0. The molecule has 0 radical (unpaired) electrons. The highest BCUT2D eigenvalue weighted by molar-refractivity contribution is 8.32. The van der Waals surface area contributed by atoms with Gasteiger partial charge in [0.25, 0.3) is 0 Å². The van der Waals surface area contributed by atoms with Crippen molar-refractivity contribution in [3.05, 3.63) is 6.33 Å². The molecule has 0 spiro atoms. The zero-order valence-corrected chi connectivity index (χ0v) is 8.85. The van der Waals surface area contributed by atoms with Crippen LogP contribution in [-0.2, 0) is 7.05 Å². The van der Waals surface area contributed by atoms with E-state index in [4.69, 9.17) is 0 Å². The largest absolute Gasteiger partial charge is 0.345 e. The number of rotatable bonds is 3. The normalized spacial score (nSPS) is 13.0. The molecular formula is C7H16N4S. The lowest BCUT2D eigenvalue weighted by Gasteiger charge is -2.24. The quantitative estimate of drug-likeness (QED) is 0.765. The molecule has 12 heavy (non-hydrogen) atoms. The van der Waals surface area contributed by atoms with Crippen LogP contribution in [0, 0.1) is 0 Å². The van der Waals surface area contributed by atoms with E-state index >= 15 is 0 Å². The third-order valence-corrected chi connectivity index (χ3v) is 2.27. The van der Waals surface area contributed by atoms with E-state index in [9.17, 15) is 0 Å². The van der Waals surface area contributed by atoms with Crippen molar-refractivity contribution in [2.75, 3.05) is 30.0 Å². The average molecular weight is 188 g/mol. The van der Waals surface area contributed by atoms with Gasteiger partial charge in [0.15, 0.2) is 0 Å². The fourth-order valence-corrected chi connectivity index (χ4v) is 1.26. The number of aryl methyl sites for hydroxylation is 1. The Labute approximate surface area is 74.7 Å². The van der Waals surface area contributed by atoms with Gasteiger partial charge in [-0.25, -0.2) is 15.0 Å². The SMILES string of the molecule is Cn1cnc(NCS(C)(C)C)n1. The molecule has 0 saturated carbocycles. The second-order valence-electron chi connectivity index (χ2n) is 3.65. The van der Waals surface area contributed by atoms with Gasteiger partial charge in [0.1, 0.15) is 6.33 Å². The first-order chi connectivity index (χ1) is 5.47. The summed E-state index contributed by atoms with van der Waals surface area (Å²) < 4.78 is 1.69. The molecule has 1 heterocycles. The van der Waals surface area contributed by atoms with Crippen LogP contribution >= 0.6 is 10.0 Å². The zero-order chi connectivity index (χ0) is 9.19. The highest BCUT2D eigenvalue weighted by atomic mass is 32.3. The Morgan fingerprint density at radius 2 is 2.17 bits per heavy atom. The third-order valence-electron chi connectivity index (χ3n) is 1.26. The van der Waals surface area contributed by atoms with Crippen molar-refractivity contribution in [3.8, 4) is 0 Å². The van der Waals surface area contributed by atoms with Crippen molar-refractivity contribution in [2.45, 2.75) is 0 Å². The number of nitrogens with zero attached hydrogens (tertiary/aromatic N) is 3. The maximum atomic E-state index is 4.12. The van der Waals surface area contributed by atoms with Crippen molar-refractivity contribution in [1.82, 2.24) is 14.8 Å². The summed E-state index contributed by atoms with van der Waals surface area (Å²) in [6.07, 6.45) is 8.45. The van der Waals surface area contributed by atoms with E-state index < -0.39 is 10.0 Å². The summed E-state index contributed by atoms with van der Waals surface area (Å²) in [6.45, 7) is 0. The van der Waals surface area contributed by atoms with E-state index in [-0.39, 0.29) is 0 Å². The summed E-state index contributed by atoms with van der Waals surface area (Å²) in [6, 6.07) is 0. The summed E-state index contributed by atoms with van der Waals surface area (Å²) in [7, 11) is 1.35. The van der Waals surface area contributed by atoms with Gasteiger partial charge in [-0.3, -0.25) is 4.68 Å². The van der Waals surface area contributed by atoms with E-state index in [1.54, 1.807) is 11.0 Å². The molecule has 4 nitrogen and oxygen atoms in total. The van der Waals surface area contributed by atoms with Gasteiger partial charge in [0.2, 0.25) is 5.95 Å². The Balaban J connectivity index is 2.44. The van der Waals surface area contributed by atoms with Crippen molar-refractivity contribution in [3.63, 3.8) is 0 Å². The Hall–Kier alpha value is -0.710. The number of hydrogen-bond acceptors (Lipinski definition) is 3. The van der Waals surface area contributed by atoms with E-state index in [0.717, 1.165) is 11.8 Å². The predicted octanol–water partition coefficient (Wildman–Crippen LogP) is 0.878. The summed E-state index contributed by atoms with van der Waals surface area (Å²) in [4.78, 5) is 4.07. The molecule has 1 rings (SSSR count). The van der Waals surface area contributed by atoms with Crippen LogP contribution < -0.4 is 5.32 Å². The predicted molar refractivity (Wildman–Crippen MR) is 54.9 cm³/mol. The number of nitrogens with one attached hydrogen (secondary N) is 1. The van der Waals surface area contributed by atoms with E-state index in [0.29, 0.717) is 0 Å². The molecule has 1 aromatic heterocycles. The molecule has 0 aromatic carbocycles. The van der Waals surface area contributed by atoms with Crippen LogP contribution in [0.4, 0.5) is 5.95 Å². The maximum Gasteiger partial charge on any atom is 0.242 e. The lowest BCUT2D eigenvalue weighted by atomic mass is 11.0. The zero-order valence-electron chi connectivity index (χ0n) is 8.03. The van der Waals surface area contributed by atoms with Crippen molar-refractivity contribution >= 4 is 16.0 Å². The third kappa shape index (κ3) is 3.13. The van der Waals surface area contributed by atoms with Crippen LogP contribution in [-0.4, -0.2) is 39.4 Å². The molecule has 1 aromatic rings. The Morgan fingerprint density at radius 3 is 2.58 bits per heavy atom. The van der Waals surface area contributed by atoms with Gasteiger partial charge in [0.05, 0.1) is 0 Å². The molecule has 0 fully saturated rings. The minimum atomic E-state index is -0.513. The van der Waals surface area contributed by atoms with Gasteiger partial charge in [-0.15, -0.1) is 5.10 Å². The van der Waals surface area contributed by atoms with Crippen molar-refractivity contribution < 1.29 is 0 Å². The van der Waals surface area contributed by atoms with Gasteiger partial charge in [-0.2, -0.15) is 0 Å². The number of aromatic nitrogens is 3. The standard InChI is InChI=1S/C7H16N4S/c1-11-5-8-7(10-11)9-6-12(2,3)4/h5H,6H2,1-4H3,(H,9,10). The Kier molecular flexibility index (Phi) is 2.62. The molecule has 0 atom stereocenters. The first-order valence-corrected chi connectivity index (χ1v) is 6.75. The first kappa shape index (κ1) is 9.38. The molecule has 0 aliphatic carbocycles. The van der Waals surface area contributed by atoms with E-state index in [1.807, 2.05) is 7.05 Å². The van der Waals surface area contributed by atoms with Crippen LogP contribution in [0.2, 0.25) is 0 Å². The highest BCUT2D eigenvalue weighted by Gasteiger charge is 2.04. The topological polar surface area (TPSA) is 42.7 Å². The van der Waals surface area contributed by atoms with Gasteiger partial charge in [0, 0.05) is 12.9 Å². The Bertz CT molecular complexity index is 250. The lowest BCUT2D eigenvalue weighted by Crippen LogP contribution is -2.10. The average Bonchev–Trinajstić information content (AvgIpc) is 2.30. The monoisotopic (exact) mass is 188 g/mol. The summed E-state index contributed by atoms with van der Waals surface area (Å²) >= 11 is 0. The lowest BCUT2D eigenvalue weighted by molar-refractivity contribution is 0.767. The summed E-state index contributed by atoms with van der Waals surface area (Å²) in [5.74, 6) is 1.69. The van der Waals surface area contributed by atoms with Gasteiger partial charge >= 0.3 is 0 Å². The molecular weight excluding hydrogens is 172 g/mol. The summed E-state index contributed by atoms with van der Waals surface area (Å²) in [5, 5.41) is 7.32. The number of anilines is 1. The molecule has 5 heteroatoms. The van der Waals surface area contributed by atoms with Gasteiger partial charge in [-0.1, -0.05) is 0 Å². The molecule has 0 amide bonds. The van der Waals surface area contributed by atoms with Crippen molar-refractivity contribution in [2.24, 2.45) is 7.05 Å². The van der Waals surface area contributed by atoms with Gasteiger partial charge in [-0.05, 0) is 18.8 Å². The van der Waals surface area contributed by atoms with Crippen LogP contribution in [0.1, 0.15) is 0 Å². The minimum Gasteiger partial charge on any atom is -0.345 e. The highest BCUT2D eigenvalue weighted by Crippen LogP contribution is 2.33. The molecule has 0 saturated heterocycles. The smallest absolute Gasteiger partial charge is 0.242 e. The Morgan fingerprint density at radius 1 is 1.50 bits per heavy atom. The molecule has 0 unspecified atom stereocenters. The molecule has 70 valence electrons. The van der Waals surface area contributed by atoms with Crippen LogP contribution in [0.3, 0.4) is 0 Å². The maximum absolute atomic E-state index is 4.12. The minimum absolute atomic E-state index is 0.513. The van der Waals surface area contributed by atoms with E-state index in [1.165, 1.54) is 0 Å². The van der Waals surface area contributed by atoms with Gasteiger partial charge < -0.3 is 5.32 Å². The fourth-order valence-electron chi connectivity index (χ4n) is 0.701. The van der Waals surface area contributed by atoms with Crippen LogP contribution in [0.25, 0.3) is 0 Å². The van der Waals surface area contributed by atoms with Crippen LogP contribution in [0.5, 0.6) is 0 Å². The molecule has 1 N–H and O–H groups in total. The van der Waals surface area contributed by atoms with Crippen LogP contribution in [0.15, 0.2) is 6.33 Å². The van der Waals surface area contributed by atoms with Crippen molar-refractivity contribution in [1.29, 1.82) is 0 Å². The molecule has 0 aliphatic heterocycles. The second-order valence-corrected chi connectivity index (χ2v) is 8.12. The first-order valence-electron chi connectivity index (χ1n) is 3.73. The van der Waals surface area contributed by atoms with E-state index in [2.05, 4.69) is 34.2 Å². The fraction of sp³-hybridized carbons (Fsp3) is 0.714. The molecule has 0 bridgehead atoms. The second kappa shape index (κ2) is 3.35. The number of hydrogen-bond donors (Lipinski definition) is 1. The molecule has 0 aliphatic rings.